The second kappa shape index (κ2) is 10.5. The zero-order valence-electron chi connectivity index (χ0n) is 20.6. The van der Waals surface area contributed by atoms with Crippen molar-refractivity contribution in [1.29, 1.82) is 0 Å². The fourth-order valence-electron chi connectivity index (χ4n) is 4.27. The van der Waals surface area contributed by atoms with Gasteiger partial charge in [0.2, 0.25) is 5.91 Å². The molecule has 0 saturated carbocycles. The first-order valence-electron chi connectivity index (χ1n) is 11.9. The number of rotatable bonds is 8. The Bertz CT molecular complexity index is 1270. The van der Waals surface area contributed by atoms with Crippen LogP contribution >= 0.6 is 11.6 Å². The third kappa shape index (κ3) is 5.28. The molecule has 188 valence electrons. The van der Waals surface area contributed by atoms with Gasteiger partial charge in [-0.05, 0) is 50.5 Å². The summed E-state index contributed by atoms with van der Waals surface area (Å²) in [7, 11) is 0. The van der Waals surface area contributed by atoms with Crippen LogP contribution in [0.25, 0.3) is 0 Å². The molecule has 1 atom stereocenters. The van der Waals surface area contributed by atoms with E-state index >= 15 is 0 Å². The van der Waals surface area contributed by atoms with Gasteiger partial charge < -0.3 is 15.0 Å². The fraction of sp³-hybridized carbons (Fsp3) is 0.333. The molecule has 1 aliphatic rings. The molecular weight excluding hydrogens is 480 g/mol. The summed E-state index contributed by atoms with van der Waals surface area (Å²) in [4.78, 5) is 41.0. The van der Waals surface area contributed by atoms with Gasteiger partial charge in [-0.2, -0.15) is 5.10 Å². The Morgan fingerprint density at radius 3 is 2.44 bits per heavy atom. The minimum Gasteiger partial charge on any atom is -0.461 e. The van der Waals surface area contributed by atoms with Gasteiger partial charge in [0.1, 0.15) is 11.2 Å². The molecule has 0 radical (unpaired) electrons. The average Bonchev–Trinajstić information content (AvgIpc) is 3.28. The number of nitrogens with one attached hydrogen (secondary N) is 1. The van der Waals surface area contributed by atoms with Crippen molar-refractivity contribution >= 4 is 29.4 Å². The lowest BCUT2D eigenvalue weighted by Crippen LogP contribution is -2.64. The standard InChI is InChI=1S/C27H29ClN4O4/c1-4-36-25(34)22-15-23-24(33)31(14-13-19-9-11-21(28)12-10-19)27(3,17-32(23)30-22)26(35)29-16-20-7-5-18(2)6-8-20/h5-12,15H,4,13-14,16-17H2,1-3H3,(H,29,35)/t27-/m1/s1. The number of amides is 2. The number of halogens is 1. The zero-order valence-corrected chi connectivity index (χ0v) is 21.3. The molecule has 1 aliphatic heterocycles. The highest BCUT2D eigenvalue weighted by atomic mass is 35.5. The Balaban J connectivity index is 1.61. The molecule has 0 spiro atoms. The van der Waals surface area contributed by atoms with Crippen molar-refractivity contribution in [3.8, 4) is 0 Å². The highest BCUT2D eigenvalue weighted by molar-refractivity contribution is 6.30. The minimum atomic E-state index is -1.22. The number of ether oxygens (including phenoxy) is 1. The Hall–Kier alpha value is -3.65. The van der Waals surface area contributed by atoms with E-state index < -0.39 is 11.5 Å². The molecule has 1 aromatic heterocycles. The van der Waals surface area contributed by atoms with E-state index in [0.717, 1.165) is 16.7 Å². The van der Waals surface area contributed by atoms with E-state index in [0.29, 0.717) is 24.5 Å². The molecule has 0 saturated heterocycles. The molecule has 2 amide bonds. The molecule has 2 aromatic carbocycles. The molecule has 0 unspecified atom stereocenters. The molecule has 0 bridgehead atoms. The zero-order chi connectivity index (χ0) is 25.9. The molecule has 36 heavy (non-hydrogen) atoms. The lowest BCUT2D eigenvalue weighted by Gasteiger charge is -2.43. The summed E-state index contributed by atoms with van der Waals surface area (Å²) in [5, 5.41) is 7.90. The summed E-state index contributed by atoms with van der Waals surface area (Å²) >= 11 is 6.01. The number of aryl methyl sites for hydroxylation is 1. The van der Waals surface area contributed by atoms with Gasteiger partial charge in [0.25, 0.3) is 5.91 Å². The summed E-state index contributed by atoms with van der Waals surface area (Å²) in [5.74, 6) is -1.27. The van der Waals surface area contributed by atoms with Crippen LogP contribution in [0.2, 0.25) is 5.02 Å². The van der Waals surface area contributed by atoms with Crippen molar-refractivity contribution in [2.24, 2.45) is 0 Å². The van der Waals surface area contributed by atoms with Crippen LogP contribution in [0.1, 0.15) is 51.5 Å². The molecule has 3 aromatic rings. The summed E-state index contributed by atoms with van der Waals surface area (Å²) in [6.07, 6.45) is 0.530. The van der Waals surface area contributed by atoms with E-state index in [2.05, 4.69) is 10.4 Å². The number of esters is 1. The van der Waals surface area contributed by atoms with Gasteiger partial charge in [-0.1, -0.05) is 53.6 Å². The maximum atomic E-state index is 13.6. The summed E-state index contributed by atoms with van der Waals surface area (Å²) in [6, 6.07) is 16.7. The van der Waals surface area contributed by atoms with Gasteiger partial charge in [0.15, 0.2) is 5.69 Å². The van der Waals surface area contributed by atoms with E-state index in [1.807, 2.05) is 43.3 Å². The number of hydrogen-bond donors (Lipinski definition) is 1. The second-order valence-electron chi connectivity index (χ2n) is 9.07. The van der Waals surface area contributed by atoms with Crippen molar-refractivity contribution in [3.05, 3.63) is 87.7 Å². The van der Waals surface area contributed by atoms with Crippen LogP contribution in [-0.2, 0) is 29.0 Å². The highest BCUT2D eigenvalue weighted by Gasteiger charge is 2.48. The number of fused-ring (bicyclic) bond motifs is 1. The monoisotopic (exact) mass is 508 g/mol. The first-order chi connectivity index (χ1) is 17.2. The predicted octanol–water partition coefficient (Wildman–Crippen LogP) is 3.80. The van der Waals surface area contributed by atoms with E-state index in [4.69, 9.17) is 16.3 Å². The topological polar surface area (TPSA) is 93.5 Å². The number of hydrogen-bond acceptors (Lipinski definition) is 5. The van der Waals surface area contributed by atoms with Crippen LogP contribution in [0.4, 0.5) is 0 Å². The van der Waals surface area contributed by atoms with Gasteiger partial charge in [-0.15, -0.1) is 0 Å². The van der Waals surface area contributed by atoms with Gasteiger partial charge in [0.05, 0.1) is 13.2 Å². The van der Waals surface area contributed by atoms with E-state index in [-0.39, 0.29) is 36.4 Å². The Morgan fingerprint density at radius 1 is 1.11 bits per heavy atom. The van der Waals surface area contributed by atoms with Gasteiger partial charge >= 0.3 is 5.97 Å². The van der Waals surface area contributed by atoms with Crippen LogP contribution in [0.15, 0.2) is 54.6 Å². The SMILES string of the molecule is CCOC(=O)c1cc2n(n1)C[C@](C)(C(=O)NCc1ccc(C)cc1)N(CCc1ccc(Cl)cc1)C2=O. The van der Waals surface area contributed by atoms with Crippen molar-refractivity contribution in [1.82, 2.24) is 20.0 Å². The minimum absolute atomic E-state index is 0.0437. The number of carbonyl (C=O) groups excluding carboxylic acids is 3. The number of nitrogens with zero attached hydrogens (tertiary/aromatic N) is 3. The van der Waals surface area contributed by atoms with Crippen molar-refractivity contribution in [2.45, 2.75) is 45.8 Å². The van der Waals surface area contributed by atoms with Crippen LogP contribution < -0.4 is 5.32 Å². The normalized spacial score (nSPS) is 17.0. The summed E-state index contributed by atoms with van der Waals surface area (Å²) in [6.45, 7) is 6.36. The lowest BCUT2D eigenvalue weighted by atomic mass is 9.94. The largest absolute Gasteiger partial charge is 0.461 e. The average molecular weight is 509 g/mol. The molecule has 1 N–H and O–H groups in total. The smallest absolute Gasteiger partial charge is 0.358 e. The Kier molecular flexibility index (Phi) is 7.45. The Morgan fingerprint density at radius 2 is 1.78 bits per heavy atom. The molecule has 0 aliphatic carbocycles. The first kappa shape index (κ1) is 25.4. The van der Waals surface area contributed by atoms with Gasteiger partial charge in [-0.25, -0.2) is 4.79 Å². The number of carbonyl (C=O) groups is 3. The van der Waals surface area contributed by atoms with Crippen LogP contribution in [0, 0.1) is 6.92 Å². The molecule has 4 rings (SSSR count). The lowest BCUT2D eigenvalue weighted by molar-refractivity contribution is -0.133. The first-order valence-corrected chi connectivity index (χ1v) is 12.2. The molecule has 8 nitrogen and oxygen atoms in total. The van der Waals surface area contributed by atoms with Gasteiger partial charge in [0, 0.05) is 24.2 Å². The molecule has 0 fully saturated rings. The van der Waals surface area contributed by atoms with Crippen molar-refractivity contribution in [2.75, 3.05) is 13.2 Å². The van der Waals surface area contributed by atoms with Crippen LogP contribution in [0.3, 0.4) is 0 Å². The number of aromatic nitrogens is 2. The summed E-state index contributed by atoms with van der Waals surface area (Å²) in [5.41, 5.74) is 2.14. The van der Waals surface area contributed by atoms with Gasteiger partial charge in [-0.3, -0.25) is 14.3 Å². The summed E-state index contributed by atoms with van der Waals surface area (Å²) < 4.78 is 6.48. The van der Waals surface area contributed by atoms with E-state index in [1.165, 1.54) is 10.7 Å². The fourth-order valence-corrected chi connectivity index (χ4v) is 4.39. The maximum absolute atomic E-state index is 13.6. The second-order valence-corrected chi connectivity index (χ2v) is 9.50. The molecule has 9 heteroatoms. The van der Waals surface area contributed by atoms with E-state index in [1.54, 1.807) is 30.9 Å². The quantitative estimate of drug-likeness (QED) is 0.467. The van der Waals surface area contributed by atoms with Crippen LogP contribution in [0.5, 0.6) is 0 Å². The highest BCUT2D eigenvalue weighted by Crippen LogP contribution is 2.28. The predicted molar refractivity (Wildman–Crippen MR) is 136 cm³/mol. The molecule has 2 heterocycles. The van der Waals surface area contributed by atoms with Crippen LogP contribution in [-0.4, -0.2) is 51.2 Å². The molecular formula is C27H29ClN4O4. The third-order valence-electron chi connectivity index (χ3n) is 6.38. The maximum Gasteiger partial charge on any atom is 0.358 e. The van der Waals surface area contributed by atoms with E-state index in [9.17, 15) is 14.4 Å². The van der Waals surface area contributed by atoms with Crippen molar-refractivity contribution < 1.29 is 19.1 Å². The third-order valence-corrected chi connectivity index (χ3v) is 6.63. The number of benzene rings is 2. The van der Waals surface area contributed by atoms with Crippen molar-refractivity contribution in [3.63, 3.8) is 0 Å². The Labute approximate surface area is 215 Å².